The minimum Gasteiger partial charge on any atom is -0.375 e. The summed E-state index contributed by atoms with van der Waals surface area (Å²) >= 11 is 7.17. The van der Waals surface area contributed by atoms with Gasteiger partial charge in [0.05, 0.1) is 33.2 Å². The first-order valence-electron chi connectivity index (χ1n) is 9.10. The summed E-state index contributed by atoms with van der Waals surface area (Å²) in [5.74, 6) is -0.270. The van der Waals surface area contributed by atoms with Gasteiger partial charge in [0.15, 0.2) is 0 Å². The van der Waals surface area contributed by atoms with E-state index in [2.05, 4.69) is 10.4 Å². The summed E-state index contributed by atoms with van der Waals surface area (Å²) in [6, 6.07) is 4.68. The third-order valence-electron chi connectivity index (χ3n) is 5.16. The van der Waals surface area contributed by atoms with Crippen molar-refractivity contribution in [1.29, 1.82) is 0 Å². The number of carbonyl (C=O) groups excluding carboxylic acids is 1. The molecule has 0 aliphatic carbocycles. The number of rotatable bonds is 2. The fraction of sp³-hybridized carbons (Fsp3) is 0.474. The quantitative estimate of drug-likeness (QED) is 0.765. The molecule has 0 saturated carbocycles. The molecule has 4 rings (SSSR count). The number of aromatic amines is 1. The maximum Gasteiger partial charge on any atom is 0.270 e. The van der Waals surface area contributed by atoms with Crippen LogP contribution in [0.1, 0.15) is 49.1 Å². The monoisotopic (exact) mass is 425 g/mol. The topological polar surface area (TPSA) is 76.1 Å². The number of halogens is 2. The van der Waals surface area contributed by atoms with Crippen LogP contribution < -0.4 is 10.9 Å². The van der Waals surface area contributed by atoms with E-state index in [1.54, 1.807) is 16.8 Å². The highest BCUT2D eigenvalue weighted by atomic mass is 35.5. The molecule has 1 aromatic carbocycles. The molecule has 0 spiro atoms. The molecule has 2 N–H and O–H groups in total. The summed E-state index contributed by atoms with van der Waals surface area (Å²) in [6.45, 7) is 4.55. The van der Waals surface area contributed by atoms with Gasteiger partial charge in [-0.3, -0.25) is 19.4 Å². The zero-order chi connectivity index (χ0) is 20.1. The highest BCUT2D eigenvalue weighted by Gasteiger charge is 2.36. The van der Waals surface area contributed by atoms with Gasteiger partial charge in [-0.2, -0.15) is 0 Å². The third-order valence-corrected chi connectivity index (χ3v) is 6.71. The summed E-state index contributed by atoms with van der Waals surface area (Å²) in [6.07, 6.45) is 1.39. The second kappa shape index (κ2) is 7.24. The molecule has 0 radical (unpaired) electrons. The van der Waals surface area contributed by atoms with Gasteiger partial charge in [-0.15, -0.1) is 11.8 Å². The van der Waals surface area contributed by atoms with Gasteiger partial charge in [-0.25, -0.2) is 4.39 Å². The van der Waals surface area contributed by atoms with Crippen molar-refractivity contribution in [3.63, 3.8) is 0 Å². The normalized spacial score (nSPS) is 24.4. The number of carbonyl (C=O) groups is 1. The second-order valence-electron chi connectivity index (χ2n) is 7.71. The number of benzene rings is 1. The third kappa shape index (κ3) is 3.49. The molecule has 0 unspecified atom stereocenters. The predicted octanol–water partition coefficient (Wildman–Crippen LogP) is 3.87. The van der Waals surface area contributed by atoms with Crippen molar-refractivity contribution in [1.82, 2.24) is 9.78 Å². The van der Waals surface area contributed by atoms with E-state index in [1.807, 2.05) is 13.8 Å². The number of anilines is 1. The summed E-state index contributed by atoms with van der Waals surface area (Å²) in [7, 11) is 0. The van der Waals surface area contributed by atoms with Gasteiger partial charge in [-0.1, -0.05) is 23.7 Å². The lowest BCUT2D eigenvalue weighted by molar-refractivity contribution is -0.113. The summed E-state index contributed by atoms with van der Waals surface area (Å²) in [5.41, 5.74) is -0.0238. The number of hydrogen-bond donors (Lipinski definition) is 2. The van der Waals surface area contributed by atoms with E-state index in [9.17, 15) is 14.0 Å². The number of nitrogens with one attached hydrogen (secondary N) is 2. The Balaban J connectivity index is 1.84. The van der Waals surface area contributed by atoms with Crippen LogP contribution in [-0.2, 0) is 9.53 Å². The van der Waals surface area contributed by atoms with Crippen LogP contribution in [0.2, 0.25) is 5.02 Å². The van der Waals surface area contributed by atoms with Gasteiger partial charge < -0.3 is 10.1 Å². The first kappa shape index (κ1) is 19.5. The molecular weight excluding hydrogens is 405 g/mol. The molecule has 9 heteroatoms. The molecule has 150 valence electrons. The smallest absolute Gasteiger partial charge is 0.270 e. The number of thioether (sulfide) groups is 1. The van der Waals surface area contributed by atoms with Gasteiger partial charge in [0.1, 0.15) is 11.6 Å². The highest BCUT2D eigenvalue weighted by Crippen LogP contribution is 2.43. The van der Waals surface area contributed by atoms with Gasteiger partial charge >= 0.3 is 0 Å². The van der Waals surface area contributed by atoms with Gasteiger partial charge in [0, 0.05) is 12.2 Å². The zero-order valence-corrected chi connectivity index (χ0v) is 17.1. The molecule has 28 heavy (non-hydrogen) atoms. The van der Waals surface area contributed by atoms with E-state index in [4.69, 9.17) is 16.3 Å². The lowest BCUT2D eigenvalue weighted by Crippen LogP contribution is -2.36. The van der Waals surface area contributed by atoms with Crippen molar-refractivity contribution >= 4 is 35.1 Å². The number of ether oxygens (including phenoxy) is 1. The fourth-order valence-corrected chi connectivity index (χ4v) is 5.23. The Morgan fingerprint density at radius 3 is 2.89 bits per heavy atom. The predicted molar refractivity (Wildman–Crippen MR) is 108 cm³/mol. The Hall–Kier alpha value is -1.77. The molecule has 3 heterocycles. The van der Waals surface area contributed by atoms with Crippen molar-refractivity contribution in [2.24, 2.45) is 0 Å². The van der Waals surface area contributed by atoms with Crippen LogP contribution in [0.4, 0.5) is 10.2 Å². The highest BCUT2D eigenvalue weighted by molar-refractivity contribution is 8.00. The van der Waals surface area contributed by atoms with Gasteiger partial charge in [-0.05, 0) is 32.8 Å². The maximum absolute atomic E-state index is 14.7. The van der Waals surface area contributed by atoms with E-state index in [-0.39, 0.29) is 33.9 Å². The standard InChI is InChI=1S/C19H21ClFN3O3S/c1-19(2)8-10(6-7-27-19)24-17-14(18(26)23-24)16(28-9-13(25)22-17)11-4-3-5-12(20)15(11)21/h3-5,10,16H,6-9H2,1-2H3,(H,22,25)(H,23,26)/t10-,16-/m1/s1. The SMILES string of the molecule is CC1(C)C[C@H](n2[nH]c(=O)c3c2NC(=O)CS[C@@H]3c2cccc(Cl)c2F)CCO1. The Morgan fingerprint density at radius 2 is 2.14 bits per heavy atom. The van der Waals surface area contributed by atoms with E-state index in [0.29, 0.717) is 36.4 Å². The number of fused-ring (bicyclic) bond motifs is 1. The average Bonchev–Trinajstić information content (AvgIpc) is 2.83. The summed E-state index contributed by atoms with van der Waals surface area (Å²) < 4.78 is 22.2. The minimum absolute atomic E-state index is 0.00905. The molecule has 2 atom stereocenters. The van der Waals surface area contributed by atoms with Crippen molar-refractivity contribution < 1.29 is 13.9 Å². The second-order valence-corrected chi connectivity index (χ2v) is 9.21. The molecular formula is C19H21ClFN3O3S. The van der Waals surface area contributed by atoms with E-state index in [0.717, 1.165) is 0 Å². The minimum atomic E-state index is -0.634. The molecule has 0 bridgehead atoms. The van der Waals surface area contributed by atoms with Crippen molar-refractivity contribution in [3.05, 3.63) is 50.5 Å². The Bertz CT molecular complexity index is 987. The van der Waals surface area contributed by atoms with Crippen LogP contribution in [0, 0.1) is 5.82 Å². The van der Waals surface area contributed by atoms with Crippen molar-refractivity contribution in [3.8, 4) is 0 Å². The van der Waals surface area contributed by atoms with Crippen LogP contribution in [0.3, 0.4) is 0 Å². The van der Waals surface area contributed by atoms with Gasteiger partial charge in [0.25, 0.3) is 5.56 Å². The number of H-pyrrole nitrogens is 1. The Kier molecular flexibility index (Phi) is 5.05. The van der Waals surface area contributed by atoms with Crippen LogP contribution in [0.5, 0.6) is 0 Å². The van der Waals surface area contributed by atoms with Crippen LogP contribution in [0.25, 0.3) is 0 Å². The average molecular weight is 426 g/mol. The number of aromatic nitrogens is 2. The lowest BCUT2D eigenvalue weighted by atomic mass is 9.94. The Labute approximate surface area is 170 Å². The van der Waals surface area contributed by atoms with Crippen LogP contribution in [-0.4, -0.2) is 33.6 Å². The molecule has 1 amide bonds. The first-order valence-corrected chi connectivity index (χ1v) is 10.5. The number of nitrogens with zero attached hydrogens (tertiary/aromatic N) is 1. The summed E-state index contributed by atoms with van der Waals surface area (Å²) in [4.78, 5) is 25.2. The largest absolute Gasteiger partial charge is 0.375 e. The van der Waals surface area contributed by atoms with Crippen molar-refractivity contribution in [2.45, 2.75) is 43.6 Å². The molecule has 1 fully saturated rings. The Morgan fingerprint density at radius 1 is 1.36 bits per heavy atom. The van der Waals surface area contributed by atoms with Crippen LogP contribution >= 0.6 is 23.4 Å². The zero-order valence-electron chi connectivity index (χ0n) is 15.6. The van der Waals surface area contributed by atoms with Crippen LogP contribution in [0.15, 0.2) is 23.0 Å². The summed E-state index contributed by atoms with van der Waals surface area (Å²) in [5, 5.41) is 5.07. The first-order chi connectivity index (χ1) is 13.3. The molecule has 1 saturated heterocycles. The van der Waals surface area contributed by atoms with Crippen molar-refractivity contribution in [2.75, 3.05) is 17.7 Å². The molecule has 2 aromatic rings. The molecule has 2 aliphatic heterocycles. The fourth-order valence-electron chi connectivity index (χ4n) is 3.91. The lowest BCUT2D eigenvalue weighted by Gasteiger charge is -2.36. The van der Waals surface area contributed by atoms with Gasteiger partial charge in [0.2, 0.25) is 5.91 Å². The number of amides is 1. The number of hydrogen-bond acceptors (Lipinski definition) is 4. The van der Waals surface area contributed by atoms with E-state index < -0.39 is 11.1 Å². The maximum atomic E-state index is 14.7. The molecule has 2 aliphatic rings. The molecule has 6 nitrogen and oxygen atoms in total. The van der Waals surface area contributed by atoms with E-state index in [1.165, 1.54) is 17.8 Å². The van der Waals surface area contributed by atoms with E-state index >= 15 is 0 Å². The molecule has 1 aromatic heterocycles.